The van der Waals surface area contributed by atoms with Gasteiger partial charge in [-0.2, -0.15) is 0 Å². The van der Waals surface area contributed by atoms with Crippen molar-refractivity contribution >= 4 is 28.9 Å². The molecule has 1 aromatic carbocycles. The second-order valence-electron chi connectivity index (χ2n) is 4.88. The third kappa shape index (κ3) is 2.26. The van der Waals surface area contributed by atoms with E-state index in [2.05, 4.69) is 15.9 Å². The zero-order valence-electron chi connectivity index (χ0n) is 9.70. The van der Waals surface area contributed by atoms with Gasteiger partial charge in [0.05, 0.1) is 10.0 Å². The van der Waals surface area contributed by atoms with Gasteiger partial charge in [-0.05, 0) is 37.6 Å². The Kier molecular flexibility index (Phi) is 3.20. The first-order valence-corrected chi connectivity index (χ1v) is 6.94. The van der Waals surface area contributed by atoms with Gasteiger partial charge in [-0.1, -0.05) is 23.2 Å². The molecule has 1 unspecified atom stereocenters. The summed E-state index contributed by atoms with van der Waals surface area (Å²) in [5, 5.41) is 1.29. The van der Waals surface area contributed by atoms with Crippen molar-refractivity contribution in [2.45, 2.75) is 18.9 Å². The van der Waals surface area contributed by atoms with Crippen molar-refractivity contribution in [1.82, 2.24) is 4.90 Å². The molecule has 0 aliphatic carbocycles. The molecule has 0 spiro atoms. The van der Waals surface area contributed by atoms with Crippen molar-refractivity contribution in [3.8, 4) is 0 Å². The third-order valence-corrected chi connectivity index (χ3v) is 4.59. The van der Waals surface area contributed by atoms with Crippen molar-refractivity contribution in [3.63, 3.8) is 0 Å². The quantitative estimate of drug-likeness (QED) is 0.773. The molecule has 2 aliphatic rings. The van der Waals surface area contributed by atoms with Crippen LogP contribution in [0.15, 0.2) is 18.2 Å². The summed E-state index contributed by atoms with van der Waals surface area (Å²) >= 11 is 12.0. The molecule has 4 heteroatoms. The van der Waals surface area contributed by atoms with Crippen molar-refractivity contribution in [3.05, 3.63) is 28.2 Å². The zero-order chi connectivity index (χ0) is 11.8. The number of fused-ring (bicyclic) bond motifs is 1. The van der Waals surface area contributed by atoms with E-state index in [9.17, 15) is 0 Å². The van der Waals surface area contributed by atoms with Crippen molar-refractivity contribution < 1.29 is 0 Å². The van der Waals surface area contributed by atoms with E-state index in [4.69, 9.17) is 23.2 Å². The Labute approximate surface area is 112 Å². The van der Waals surface area contributed by atoms with E-state index < -0.39 is 0 Å². The van der Waals surface area contributed by atoms with E-state index >= 15 is 0 Å². The molecule has 0 radical (unpaired) electrons. The highest BCUT2D eigenvalue weighted by molar-refractivity contribution is 6.42. The van der Waals surface area contributed by atoms with Crippen LogP contribution >= 0.6 is 23.2 Å². The summed E-state index contributed by atoms with van der Waals surface area (Å²) in [6.07, 6.45) is 2.68. The van der Waals surface area contributed by atoms with E-state index in [1.165, 1.54) is 31.6 Å². The van der Waals surface area contributed by atoms with Gasteiger partial charge in [-0.3, -0.25) is 4.90 Å². The van der Waals surface area contributed by atoms with E-state index in [1.54, 1.807) is 0 Å². The molecule has 0 saturated carbocycles. The minimum Gasteiger partial charge on any atom is -0.369 e. The van der Waals surface area contributed by atoms with E-state index in [1.807, 2.05) is 12.1 Å². The molecular formula is C13H16Cl2N2. The zero-order valence-corrected chi connectivity index (χ0v) is 11.2. The van der Waals surface area contributed by atoms with Crippen molar-refractivity contribution in [2.75, 3.05) is 31.1 Å². The van der Waals surface area contributed by atoms with Crippen LogP contribution in [0.1, 0.15) is 12.8 Å². The van der Waals surface area contributed by atoms with Crippen LogP contribution in [-0.2, 0) is 0 Å². The highest BCUT2D eigenvalue weighted by Gasteiger charge is 2.30. The predicted octanol–water partition coefficient (Wildman–Crippen LogP) is 3.28. The SMILES string of the molecule is Clc1ccc(N2CCN3CCCC3C2)cc1Cl. The average molecular weight is 271 g/mol. The maximum atomic E-state index is 6.08. The lowest BCUT2D eigenvalue weighted by atomic mass is 10.1. The fourth-order valence-electron chi connectivity index (χ4n) is 2.91. The number of hydrogen-bond acceptors (Lipinski definition) is 2. The lowest BCUT2D eigenvalue weighted by molar-refractivity contribution is 0.231. The predicted molar refractivity (Wildman–Crippen MR) is 73.3 cm³/mol. The van der Waals surface area contributed by atoms with Gasteiger partial charge in [0.1, 0.15) is 0 Å². The summed E-state index contributed by atoms with van der Waals surface area (Å²) in [6.45, 7) is 4.66. The number of anilines is 1. The first kappa shape index (κ1) is 11.6. The van der Waals surface area contributed by atoms with Gasteiger partial charge >= 0.3 is 0 Å². The Morgan fingerprint density at radius 1 is 1.06 bits per heavy atom. The van der Waals surface area contributed by atoms with E-state index in [0.29, 0.717) is 10.0 Å². The Morgan fingerprint density at radius 3 is 2.76 bits per heavy atom. The largest absolute Gasteiger partial charge is 0.369 e. The van der Waals surface area contributed by atoms with Crippen LogP contribution in [0.4, 0.5) is 5.69 Å². The van der Waals surface area contributed by atoms with Crippen LogP contribution in [-0.4, -0.2) is 37.1 Å². The summed E-state index contributed by atoms with van der Waals surface area (Å²) in [5.41, 5.74) is 1.20. The fourth-order valence-corrected chi connectivity index (χ4v) is 3.20. The molecule has 0 bridgehead atoms. The smallest absolute Gasteiger partial charge is 0.0612 e. The number of halogens is 2. The van der Waals surface area contributed by atoms with E-state index in [-0.39, 0.29) is 0 Å². The van der Waals surface area contributed by atoms with Gasteiger partial charge in [0.2, 0.25) is 0 Å². The Bertz CT molecular complexity index is 422. The van der Waals surface area contributed by atoms with Crippen LogP contribution in [0.2, 0.25) is 10.0 Å². The van der Waals surface area contributed by atoms with Crippen LogP contribution in [0.25, 0.3) is 0 Å². The molecule has 2 saturated heterocycles. The number of nitrogens with zero attached hydrogens (tertiary/aromatic N) is 2. The van der Waals surface area contributed by atoms with Gasteiger partial charge in [0, 0.05) is 31.4 Å². The second kappa shape index (κ2) is 4.68. The molecule has 0 aromatic heterocycles. The lowest BCUT2D eigenvalue weighted by Crippen LogP contribution is -2.50. The maximum Gasteiger partial charge on any atom is 0.0612 e. The van der Waals surface area contributed by atoms with E-state index in [0.717, 1.165) is 19.1 Å². The average Bonchev–Trinajstić information content (AvgIpc) is 2.79. The number of piperazine rings is 1. The van der Waals surface area contributed by atoms with Gasteiger partial charge in [0.25, 0.3) is 0 Å². The van der Waals surface area contributed by atoms with Gasteiger partial charge in [0.15, 0.2) is 0 Å². The highest BCUT2D eigenvalue weighted by atomic mass is 35.5. The topological polar surface area (TPSA) is 6.48 Å². The summed E-state index contributed by atoms with van der Waals surface area (Å²) < 4.78 is 0. The minimum absolute atomic E-state index is 0.634. The minimum atomic E-state index is 0.634. The lowest BCUT2D eigenvalue weighted by Gasteiger charge is -2.38. The molecule has 2 heterocycles. The molecule has 0 amide bonds. The first-order chi connectivity index (χ1) is 8.24. The standard InChI is InChI=1S/C13H16Cl2N2/c14-12-4-3-10(8-13(12)15)17-7-6-16-5-1-2-11(16)9-17/h3-4,8,11H,1-2,5-7,9H2. The van der Waals surface area contributed by atoms with Crippen LogP contribution in [0.3, 0.4) is 0 Å². The summed E-state index contributed by atoms with van der Waals surface area (Å²) in [6, 6.07) is 6.67. The number of hydrogen-bond donors (Lipinski definition) is 0. The molecule has 2 aliphatic heterocycles. The van der Waals surface area contributed by atoms with Crippen LogP contribution in [0, 0.1) is 0 Å². The van der Waals surface area contributed by atoms with Crippen LogP contribution in [0.5, 0.6) is 0 Å². The van der Waals surface area contributed by atoms with Gasteiger partial charge < -0.3 is 4.90 Å². The maximum absolute atomic E-state index is 6.08. The Balaban J connectivity index is 1.78. The molecular weight excluding hydrogens is 255 g/mol. The van der Waals surface area contributed by atoms with Crippen molar-refractivity contribution in [1.29, 1.82) is 0 Å². The summed E-state index contributed by atoms with van der Waals surface area (Å²) in [7, 11) is 0. The number of rotatable bonds is 1. The second-order valence-corrected chi connectivity index (χ2v) is 5.69. The first-order valence-electron chi connectivity index (χ1n) is 6.18. The highest BCUT2D eigenvalue weighted by Crippen LogP contribution is 2.30. The third-order valence-electron chi connectivity index (χ3n) is 3.86. The van der Waals surface area contributed by atoms with Crippen LogP contribution < -0.4 is 4.90 Å². The van der Waals surface area contributed by atoms with Crippen molar-refractivity contribution in [2.24, 2.45) is 0 Å². The molecule has 0 N–H and O–H groups in total. The molecule has 1 aromatic rings. The molecule has 2 fully saturated rings. The Hall–Kier alpha value is -0.440. The Morgan fingerprint density at radius 2 is 1.94 bits per heavy atom. The molecule has 17 heavy (non-hydrogen) atoms. The fraction of sp³-hybridized carbons (Fsp3) is 0.538. The van der Waals surface area contributed by atoms with Gasteiger partial charge in [-0.15, -0.1) is 0 Å². The molecule has 92 valence electrons. The number of benzene rings is 1. The van der Waals surface area contributed by atoms with Gasteiger partial charge in [-0.25, -0.2) is 0 Å². The normalized spacial score (nSPS) is 25.1. The molecule has 3 rings (SSSR count). The molecule has 1 atom stereocenters. The summed E-state index contributed by atoms with van der Waals surface area (Å²) in [5.74, 6) is 0. The molecule has 2 nitrogen and oxygen atoms in total. The monoisotopic (exact) mass is 270 g/mol. The summed E-state index contributed by atoms with van der Waals surface area (Å²) in [4.78, 5) is 5.03.